The second-order valence-electron chi connectivity index (χ2n) is 6.66. The van der Waals surface area contributed by atoms with Crippen LogP contribution in [0, 0.1) is 5.82 Å². The molecule has 8 nitrogen and oxygen atoms in total. The number of amides is 3. The van der Waals surface area contributed by atoms with Crippen LogP contribution in [0.5, 0.6) is 5.75 Å². The van der Waals surface area contributed by atoms with Gasteiger partial charge in [0.05, 0.1) is 16.9 Å². The number of benzene rings is 1. The van der Waals surface area contributed by atoms with Crippen molar-refractivity contribution in [3.63, 3.8) is 0 Å². The molecule has 0 saturated carbocycles. The number of hydrogen-bond donors (Lipinski definition) is 4. The van der Waals surface area contributed by atoms with E-state index in [0.29, 0.717) is 30.2 Å². The number of rotatable bonds is 6. The summed E-state index contributed by atoms with van der Waals surface area (Å²) in [6.07, 6.45) is 1.82. The van der Waals surface area contributed by atoms with Crippen LogP contribution in [0.4, 0.5) is 15.0 Å². The number of nitrogens with one attached hydrogen (secondary N) is 2. The Hall–Kier alpha value is -3.07. The van der Waals surface area contributed by atoms with Crippen molar-refractivity contribution >= 4 is 17.8 Å². The number of aromatic amines is 1. The van der Waals surface area contributed by atoms with E-state index in [1.165, 1.54) is 24.3 Å². The predicted molar refractivity (Wildman–Crippen MR) is 97.0 cm³/mol. The number of ether oxygens (including phenoxy) is 2. The summed E-state index contributed by atoms with van der Waals surface area (Å²) < 4.78 is 25.4. The predicted octanol–water partition coefficient (Wildman–Crippen LogP) is 2.36. The third-order valence-corrected chi connectivity index (χ3v) is 4.40. The number of aromatic nitrogens is 1. The molecule has 3 rings (SSSR count). The standard InChI is InChI=1S/C18H21FN4O4/c1-18(5-2-6-27-18)9-26-14-4-3-10(19)7-11(14)13-8-12(15(20)24)16(22-13)23-17(21)25/h3-4,7-8,22H,2,5-6,9H2,1H3,(H2,20,24)(H3,21,23,25). The van der Waals surface area contributed by atoms with Crippen LogP contribution in [0.25, 0.3) is 11.3 Å². The number of primary amides is 2. The maximum atomic E-state index is 13.8. The summed E-state index contributed by atoms with van der Waals surface area (Å²) in [6, 6.07) is 4.57. The van der Waals surface area contributed by atoms with E-state index < -0.39 is 23.4 Å². The summed E-state index contributed by atoms with van der Waals surface area (Å²) in [7, 11) is 0. The van der Waals surface area contributed by atoms with Gasteiger partial charge in [0.25, 0.3) is 5.91 Å². The van der Waals surface area contributed by atoms with Crippen molar-refractivity contribution in [1.29, 1.82) is 0 Å². The molecule has 0 radical (unpaired) electrons. The van der Waals surface area contributed by atoms with Crippen LogP contribution in [0.15, 0.2) is 24.3 Å². The SMILES string of the molecule is CC1(COc2ccc(F)cc2-c2cc(C(N)=O)c(NC(N)=O)[nH]2)CCCO1. The summed E-state index contributed by atoms with van der Waals surface area (Å²) in [5.41, 5.74) is 10.8. The van der Waals surface area contributed by atoms with E-state index in [1.807, 2.05) is 6.92 Å². The zero-order valence-electron chi connectivity index (χ0n) is 14.8. The third-order valence-electron chi connectivity index (χ3n) is 4.40. The Morgan fingerprint density at radius 3 is 2.78 bits per heavy atom. The Morgan fingerprint density at radius 2 is 2.15 bits per heavy atom. The molecule has 3 amide bonds. The average Bonchev–Trinajstić information content (AvgIpc) is 3.20. The monoisotopic (exact) mass is 376 g/mol. The van der Waals surface area contributed by atoms with E-state index in [0.717, 1.165) is 12.8 Å². The molecule has 6 N–H and O–H groups in total. The van der Waals surface area contributed by atoms with Gasteiger partial charge in [-0.05, 0) is 44.0 Å². The van der Waals surface area contributed by atoms with Crippen LogP contribution in [0.3, 0.4) is 0 Å². The highest BCUT2D eigenvalue weighted by Crippen LogP contribution is 2.34. The van der Waals surface area contributed by atoms with Crippen LogP contribution in [0.1, 0.15) is 30.1 Å². The van der Waals surface area contributed by atoms with E-state index in [-0.39, 0.29) is 11.4 Å². The number of urea groups is 1. The second-order valence-corrected chi connectivity index (χ2v) is 6.66. The van der Waals surface area contributed by atoms with Crippen molar-refractivity contribution in [3.8, 4) is 17.0 Å². The molecule has 2 heterocycles. The highest BCUT2D eigenvalue weighted by molar-refractivity contribution is 6.03. The van der Waals surface area contributed by atoms with Gasteiger partial charge in [0.1, 0.15) is 24.0 Å². The van der Waals surface area contributed by atoms with Crippen molar-refractivity contribution in [2.24, 2.45) is 11.5 Å². The summed E-state index contributed by atoms with van der Waals surface area (Å²) >= 11 is 0. The molecule has 1 unspecified atom stereocenters. The molecule has 0 aliphatic carbocycles. The largest absolute Gasteiger partial charge is 0.490 e. The van der Waals surface area contributed by atoms with Gasteiger partial charge in [-0.2, -0.15) is 0 Å². The Bertz CT molecular complexity index is 874. The van der Waals surface area contributed by atoms with Gasteiger partial charge in [0, 0.05) is 12.2 Å². The lowest BCUT2D eigenvalue weighted by molar-refractivity contribution is -0.0157. The molecule has 1 aromatic heterocycles. The Morgan fingerprint density at radius 1 is 1.37 bits per heavy atom. The summed E-state index contributed by atoms with van der Waals surface area (Å²) in [5.74, 6) is -0.824. The lowest BCUT2D eigenvalue weighted by Crippen LogP contribution is -2.31. The van der Waals surface area contributed by atoms with Gasteiger partial charge >= 0.3 is 6.03 Å². The molecule has 144 valence electrons. The molecule has 2 aromatic rings. The van der Waals surface area contributed by atoms with Gasteiger partial charge in [0.2, 0.25) is 0 Å². The highest BCUT2D eigenvalue weighted by Gasteiger charge is 2.31. The fourth-order valence-electron chi connectivity index (χ4n) is 3.04. The van der Waals surface area contributed by atoms with Crippen LogP contribution >= 0.6 is 0 Å². The van der Waals surface area contributed by atoms with Crippen molar-refractivity contribution in [2.75, 3.05) is 18.5 Å². The first-order valence-electron chi connectivity index (χ1n) is 8.43. The average molecular weight is 376 g/mol. The number of halogens is 1. The topological polar surface area (TPSA) is 132 Å². The van der Waals surface area contributed by atoms with Crippen LogP contribution in [0.2, 0.25) is 0 Å². The van der Waals surface area contributed by atoms with Crippen molar-refractivity contribution in [3.05, 3.63) is 35.6 Å². The van der Waals surface area contributed by atoms with Crippen molar-refractivity contribution in [1.82, 2.24) is 4.98 Å². The number of carbonyl (C=O) groups is 2. The zero-order chi connectivity index (χ0) is 19.6. The first kappa shape index (κ1) is 18.7. The summed E-state index contributed by atoms with van der Waals surface area (Å²) in [5, 5.41) is 2.29. The molecule has 1 saturated heterocycles. The number of anilines is 1. The van der Waals surface area contributed by atoms with E-state index in [2.05, 4.69) is 10.3 Å². The van der Waals surface area contributed by atoms with Gasteiger partial charge in [0.15, 0.2) is 0 Å². The molecule has 1 aromatic carbocycles. The third kappa shape index (κ3) is 4.20. The molecule has 1 aliphatic heterocycles. The van der Waals surface area contributed by atoms with E-state index in [9.17, 15) is 14.0 Å². The number of nitrogens with two attached hydrogens (primary N) is 2. The van der Waals surface area contributed by atoms with Gasteiger partial charge in [-0.15, -0.1) is 0 Å². The molecular weight excluding hydrogens is 355 g/mol. The van der Waals surface area contributed by atoms with Gasteiger partial charge in [-0.1, -0.05) is 0 Å². The zero-order valence-corrected chi connectivity index (χ0v) is 14.8. The first-order chi connectivity index (χ1) is 12.8. The quantitative estimate of drug-likeness (QED) is 0.616. The minimum Gasteiger partial charge on any atom is -0.490 e. The van der Waals surface area contributed by atoms with Crippen LogP contribution in [-0.2, 0) is 4.74 Å². The van der Waals surface area contributed by atoms with Crippen molar-refractivity contribution in [2.45, 2.75) is 25.4 Å². The molecular formula is C18H21FN4O4. The summed E-state index contributed by atoms with van der Waals surface area (Å²) in [4.78, 5) is 25.6. The van der Waals surface area contributed by atoms with Gasteiger partial charge in [-0.25, -0.2) is 9.18 Å². The highest BCUT2D eigenvalue weighted by atomic mass is 19.1. The minimum atomic E-state index is -0.868. The lowest BCUT2D eigenvalue weighted by Gasteiger charge is -2.24. The molecule has 27 heavy (non-hydrogen) atoms. The van der Waals surface area contributed by atoms with E-state index in [1.54, 1.807) is 0 Å². The van der Waals surface area contributed by atoms with Crippen LogP contribution in [-0.4, -0.2) is 35.7 Å². The number of H-pyrrole nitrogens is 1. The fourth-order valence-corrected chi connectivity index (χ4v) is 3.04. The van der Waals surface area contributed by atoms with E-state index >= 15 is 0 Å². The first-order valence-corrected chi connectivity index (χ1v) is 8.43. The minimum absolute atomic E-state index is 0.0186. The summed E-state index contributed by atoms with van der Waals surface area (Å²) in [6.45, 7) is 2.93. The second kappa shape index (κ2) is 7.28. The number of carbonyl (C=O) groups excluding carboxylic acids is 2. The maximum absolute atomic E-state index is 13.8. The normalized spacial score (nSPS) is 19.0. The smallest absolute Gasteiger partial charge is 0.317 e. The lowest BCUT2D eigenvalue weighted by atomic mass is 10.0. The van der Waals surface area contributed by atoms with E-state index in [4.69, 9.17) is 20.9 Å². The molecule has 1 aliphatic rings. The van der Waals surface area contributed by atoms with Gasteiger partial charge in [-0.3, -0.25) is 10.1 Å². The number of hydrogen-bond acceptors (Lipinski definition) is 4. The van der Waals surface area contributed by atoms with Crippen LogP contribution < -0.4 is 21.5 Å². The Balaban J connectivity index is 1.94. The molecule has 1 atom stereocenters. The Labute approximate surface area is 155 Å². The molecule has 0 bridgehead atoms. The maximum Gasteiger partial charge on any atom is 0.317 e. The molecule has 1 fully saturated rings. The fraction of sp³-hybridized carbons (Fsp3) is 0.333. The Kier molecular flexibility index (Phi) is 5.04. The van der Waals surface area contributed by atoms with Crippen molar-refractivity contribution < 1.29 is 23.5 Å². The van der Waals surface area contributed by atoms with Gasteiger partial charge < -0.3 is 25.9 Å². The molecule has 0 spiro atoms. The molecule has 9 heteroatoms.